The van der Waals surface area contributed by atoms with Gasteiger partial charge in [-0.25, -0.2) is 9.78 Å². The lowest BCUT2D eigenvalue weighted by molar-refractivity contribution is 0.0696. The molecule has 0 aliphatic heterocycles. The largest absolute Gasteiger partial charge is 0.478 e. The molecule has 2 aromatic rings. The van der Waals surface area contributed by atoms with Gasteiger partial charge in [-0.2, -0.15) is 0 Å². The molecule has 2 N–H and O–H groups in total. The van der Waals surface area contributed by atoms with E-state index in [0.29, 0.717) is 17.8 Å². The fourth-order valence-electron chi connectivity index (χ4n) is 1.69. The van der Waals surface area contributed by atoms with Crippen molar-refractivity contribution in [3.63, 3.8) is 0 Å². The number of carboxylic acids is 1. The number of rotatable bonds is 5. The maximum Gasteiger partial charge on any atom is 0.335 e. The van der Waals surface area contributed by atoms with Gasteiger partial charge in [0.2, 0.25) is 0 Å². The molecule has 1 aromatic carbocycles. The predicted molar refractivity (Wildman–Crippen MR) is 76.3 cm³/mol. The Balaban J connectivity index is 1.83. The zero-order chi connectivity index (χ0) is 14.5. The molecule has 0 aliphatic rings. The molecule has 6 heteroatoms. The Kier molecular flexibility index (Phi) is 4.47. The summed E-state index contributed by atoms with van der Waals surface area (Å²) < 4.78 is 0. The third kappa shape index (κ3) is 3.64. The number of aryl methyl sites for hydroxylation is 1. The zero-order valence-electron chi connectivity index (χ0n) is 10.9. The second-order valence-electron chi connectivity index (χ2n) is 4.25. The second-order valence-corrected chi connectivity index (χ2v) is 5.49. The van der Waals surface area contributed by atoms with E-state index in [0.717, 1.165) is 10.6 Å². The highest BCUT2D eigenvalue weighted by atomic mass is 32.1. The monoisotopic (exact) mass is 290 g/mol. The predicted octanol–water partition coefficient (Wildman–Crippen LogP) is 2.12. The number of hydrogen-bond acceptors (Lipinski definition) is 4. The Morgan fingerprint density at radius 3 is 2.55 bits per heavy atom. The third-order valence-corrected chi connectivity index (χ3v) is 3.66. The molecule has 20 heavy (non-hydrogen) atoms. The van der Waals surface area contributed by atoms with Crippen molar-refractivity contribution in [2.75, 3.05) is 6.54 Å². The molecular weight excluding hydrogens is 276 g/mol. The summed E-state index contributed by atoms with van der Waals surface area (Å²) in [5.41, 5.74) is 1.24. The molecule has 104 valence electrons. The van der Waals surface area contributed by atoms with E-state index in [1.807, 2.05) is 6.92 Å². The standard InChI is InChI=1S/C14H14N2O3S/c1-9-16-8-12(20-9)13(17)15-7-6-10-2-4-11(5-3-10)14(18)19/h2-5,8H,6-7H2,1H3,(H,15,17)(H,18,19). The van der Waals surface area contributed by atoms with Gasteiger partial charge in [0, 0.05) is 6.54 Å². The summed E-state index contributed by atoms with van der Waals surface area (Å²) >= 11 is 1.36. The average Bonchev–Trinajstić information content (AvgIpc) is 2.86. The Hall–Kier alpha value is -2.21. The van der Waals surface area contributed by atoms with Crippen LogP contribution in [0.1, 0.15) is 30.6 Å². The van der Waals surface area contributed by atoms with Crippen LogP contribution < -0.4 is 5.32 Å². The summed E-state index contributed by atoms with van der Waals surface area (Å²) in [4.78, 5) is 27.1. The van der Waals surface area contributed by atoms with Crippen LogP contribution in [0.5, 0.6) is 0 Å². The van der Waals surface area contributed by atoms with Crippen molar-refractivity contribution in [1.82, 2.24) is 10.3 Å². The molecule has 0 saturated heterocycles. The summed E-state index contributed by atoms with van der Waals surface area (Å²) in [5.74, 6) is -1.07. The first-order valence-electron chi connectivity index (χ1n) is 6.09. The van der Waals surface area contributed by atoms with Gasteiger partial charge in [0.05, 0.1) is 16.8 Å². The number of aromatic carboxylic acids is 1. The zero-order valence-corrected chi connectivity index (χ0v) is 11.7. The second kappa shape index (κ2) is 6.29. The summed E-state index contributed by atoms with van der Waals surface area (Å²) in [6.07, 6.45) is 2.22. The van der Waals surface area contributed by atoms with Crippen LogP contribution in [0.15, 0.2) is 30.5 Å². The molecule has 0 bridgehead atoms. The fourth-order valence-corrected chi connectivity index (χ4v) is 2.38. The van der Waals surface area contributed by atoms with Gasteiger partial charge in [-0.15, -0.1) is 11.3 Å². The lowest BCUT2D eigenvalue weighted by Gasteiger charge is -2.04. The lowest BCUT2D eigenvalue weighted by atomic mass is 10.1. The normalized spacial score (nSPS) is 10.2. The number of amides is 1. The van der Waals surface area contributed by atoms with E-state index >= 15 is 0 Å². The lowest BCUT2D eigenvalue weighted by Crippen LogP contribution is -2.24. The third-order valence-electron chi connectivity index (χ3n) is 2.75. The quantitative estimate of drug-likeness (QED) is 0.884. The molecule has 0 radical (unpaired) electrons. The van der Waals surface area contributed by atoms with E-state index in [9.17, 15) is 9.59 Å². The van der Waals surface area contributed by atoms with E-state index < -0.39 is 5.97 Å². The molecule has 0 unspecified atom stereocenters. The average molecular weight is 290 g/mol. The van der Waals surface area contributed by atoms with E-state index in [1.54, 1.807) is 30.5 Å². The number of aromatic nitrogens is 1. The fraction of sp³-hybridized carbons (Fsp3) is 0.214. The van der Waals surface area contributed by atoms with E-state index in [2.05, 4.69) is 10.3 Å². The molecule has 0 atom stereocenters. The van der Waals surface area contributed by atoms with Gasteiger partial charge in [-0.1, -0.05) is 12.1 Å². The summed E-state index contributed by atoms with van der Waals surface area (Å²) in [6.45, 7) is 2.35. The molecule has 5 nitrogen and oxygen atoms in total. The molecule has 1 amide bonds. The minimum absolute atomic E-state index is 0.127. The number of carbonyl (C=O) groups excluding carboxylic acids is 1. The summed E-state index contributed by atoms with van der Waals surface area (Å²) in [6, 6.07) is 6.64. The van der Waals surface area contributed by atoms with Crippen LogP contribution in [0, 0.1) is 6.92 Å². The first-order chi connectivity index (χ1) is 9.56. The van der Waals surface area contributed by atoms with Crippen molar-refractivity contribution in [3.8, 4) is 0 Å². The number of thiazole rings is 1. The van der Waals surface area contributed by atoms with Crippen molar-refractivity contribution < 1.29 is 14.7 Å². The number of hydrogen-bond donors (Lipinski definition) is 2. The highest BCUT2D eigenvalue weighted by molar-refractivity contribution is 7.13. The van der Waals surface area contributed by atoms with Crippen LogP contribution in [0.2, 0.25) is 0 Å². The molecule has 0 fully saturated rings. The Labute approximate surface area is 120 Å². The van der Waals surface area contributed by atoms with Crippen molar-refractivity contribution in [1.29, 1.82) is 0 Å². The van der Waals surface area contributed by atoms with Crippen molar-refractivity contribution in [3.05, 3.63) is 51.5 Å². The number of carboxylic acid groups (broad SMARTS) is 1. The number of nitrogens with zero attached hydrogens (tertiary/aromatic N) is 1. The molecule has 2 rings (SSSR count). The van der Waals surface area contributed by atoms with Crippen LogP contribution in [0.4, 0.5) is 0 Å². The van der Waals surface area contributed by atoms with E-state index in [1.165, 1.54) is 11.3 Å². The van der Waals surface area contributed by atoms with Gasteiger partial charge in [0.1, 0.15) is 4.88 Å². The van der Waals surface area contributed by atoms with Crippen LogP contribution >= 0.6 is 11.3 Å². The first-order valence-corrected chi connectivity index (χ1v) is 6.91. The summed E-state index contributed by atoms with van der Waals surface area (Å²) in [5, 5.41) is 12.5. The molecular formula is C14H14N2O3S. The van der Waals surface area contributed by atoms with Crippen molar-refractivity contribution >= 4 is 23.2 Å². The molecule has 0 spiro atoms. The maximum atomic E-state index is 11.8. The minimum atomic E-state index is -0.939. The van der Waals surface area contributed by atoms with Crippen LogP contribution in [0.25, 0.3) is 0 Å². The smallest absolute Gasteiger partial charge is 0.335 e. The van der Waals surface area contributed by atoms with E-state index in [4.69, 9.17) is 5.11 Å². The highest BCUT2D eigenvalue weighted by Crippen LogP contribution is 2.11. The van der Waals surface area contributed by atoms with Gasteiger partial charge < -0.3 is 10.4 Å². The topological polar surface area (TPSA) is 79.3 Å². The van der Waals surface area contributed by atoms with Gasteiger partial charge in [0.25, 0.3) is 5.91 Å². The van der Waals surface area contributed by atoms with Gasteiger partial charge in [-0.3, -0.25) is 4.79 Å². The minimum Gasteiger partial charge on any atom is -0.478 e. The Morgan fingerprint density at radius 1 is 1.30 bits per heavy atom. The molecule has 1 aromatic heterocycles. The number of carbonyl (C=O) groups is 2. The molecule has 1 heterocycles. The maximum absolute atomic E-state index is 11.8. The molecule has 0 aliphatic carbocycles. The van der Waals surface area contributed by atoms with Gasteiger partial charge in [0.15, 0.2) is 0 Å². The number of benzene rings is 1. The van der Waals surface area contributed by atoms with Crippen molar-refractivity contribution in [2.24, 2.45) is 0 Å². The highest BCUT2D eigenvalue weighted by Gasteiger charge is 2.08. The van der Waals surface area contributed by atoms with E-state index in [-0.39, 0.29) is 11.5 Å². The Morgan fingerprint density at radius 2 is 2.00 bits per heavy atom. The van der Waals surface area contributed by atoms with Gasteiger partial charge >= 0.3 is 5.97 Å². The van der Waals surface area contributed by atoms with Crippen LogP contribution in [0.3, 0.4) is 0 Å². The van der Waals surface area contributed by atoms with Crippen LogP contribution in [-0.2, 0) is 6.42 Å². The van der Waals surface area contributed by atoms with Crippen molar-refractivity contribution in [2.45, 2.75) is 13.3 Å². The van der Waals surface area contributed by atoms with Gasteiger partial charge in [-0.05, 0) is 31.0 Å². The Bertz CT molecular complexity index is 620. The summed E-state index contributed by atoms with van der Waals surface area (Å²) in [7, 11) is 0. The first kappa shape index (κ1) is 14.2. The molecule has 0 saturated carbocycles. The SMILES string of the molecule is Cc1ncc(C(=O)NCCc2ccc(C(=O)O)cc2)s1. The van der Waals surface area contributed by atoms with Crippen LogP contribution in [-0.4, -0.2) is 28.5 Å². The number of nitrogens with one attached hydrogen (secondary N) is 1.